The lowest BCUT2D eigenvalue weighted by Gasteiger charge is -2.17. The predicted octanol–water partition coefficient (Wildman–Crippen LogP) is 4.92. The Labute approximate surface area is 401 Å². The molecule has 4 rings (SSSR count). The first-order valence-electron chi connectivity index (χ1n) is 20.8. The molecule has 0 unspecified atom stereocenters. The van der Waals surface area contributed by atoms with Crippen LogP contribution in [0.25, 0.3) is 0 Å². The highest BCUT2D eigenvalue weighted by Crippen LogP contribution is 2.31. The van der Waals surface area contributed by atoms with E-state index in [-0.39, 0.29) is 113 Å². The topological polar surface area (TPSA) is 225 Å². The second-order valence-electron chi connectivity index (χ2n) is 14.4. The van der Waals surface area contributed by atoms with Gasteiger partial charge >= 0.3 is 5.97 Å². The van der Waals surface area contributed by atoms with Crippen LogP contribution in [0.5, 0.6) is 5.75 Å². The largest absolute Gasteiger partial charge is 0.493 e. The molecule has 0 aliphatic carbocycles. The van der Waals surface area contributed by atoms with Crippen LogP contribution in [0.15, 0.2) is 66.7 Å². The van der Waals surface area contributed by atoms with Gasteiger partial charge in [-0.25, -0.2) is 4.79 Å². The maximum Gasteiger partial charge on any atom is 0.326 e. The molecule has 4 N–H and O–H groups in total. The van der Waals surface area contributed by atoms with E-state index in [1.807, 2.05) is 0 Å². The predicted molar refractivity (Wildman–Crippen MR) is 244 cm³/mol. The molecule has 0 fully saturated rings. The number of halogens is 4. The number of rotatable bonds is 31. The quantitative estimate of drug-likeness (QED) is 0.0382. The fraction of sp³-hybridized carbons (Fsp3) is 0.400. The Hall–Kier alpha value is -5.11. The fourth-order valence-electron chi connectivity index (χ4n) is 6.07. The Kier molecular flexibility index (Phi) is 23.4. The Balaban J connectivity index is 0.997. The first-order valence-corrected chi connectivity index (χ1v) is 22.3. The van der Waals surface area contributed by atoms with Crippen molar-refractivity contribution in [2.24, 2.45) is 0 Å². The van der Waals surface area contributed by atoms with Crippen molar-refractivity contribution in [3.05, 3.63) is 109 Å². The maximum atomic E-state index is 13.2. The zero-order valence-corrected chi connectivity index (χ0v) is 38.8. The molecule has 17 nitrogen and oxygen atoms in total. The van der Waals surface area contributed by atoms with Crippen LogP contribution < -0.4 is 20.7 Å². The third-order valence-corrected chi connectivity index (χ3v) is 10.7. The van der Waals surface area contributed by atoms with Crippen molar-refractivity contribution < 1.29 is 62.4 Å². The minimum Gasteiger partial charge on any atom is -0.493 e. The van der Waals surface area contributed by atoms with E-state index in [9.17, 15) is 38.7 Å². The third-order valence-electron chi connectivity index (χ3n) is 9.45. The standard InChI is InChI=1S/C45H50Cl4N4O13/c46-32-3-1-4-33(47)42(32)37(54)26-30-7-5-29(6-8-30)25-36(45(60)61)52-44(59)43-34(48)27-31(28-35(43)49)66-16-2-13-50-39(56)12-17-62-19-21-64-23-24-65-22-20-63-18-14-51-38(55)11-15-53-40(57)9-10-41(53)58/h1,3-10,27-28,36H,2,11-26H2,(H,50,56)(H,51,55)(H,52,59)(H,60,61)/t36-/m0/s1. The number of nitrogens with zero attached hydrogens (tertiary/aromatic N) is 1. The first kappa shape index (κ1) is 53.5. The van der Waals surface area contributed by atoms with E-state index < -0.39 is 29.7 Å². The van der Waals surface area contributed by atoms with Crippen molar-refractivity contribution in [2.45, 2.75) is 38.1 Å². The van der Waals surface area contributed by atoms with Crippen molar-refractivity contribution in [1.29, 1.82) is 0 Å². The lowest BCUT2D eigenvalue weighted by molar-refractivity contribution is -0.139. The van der Waals surface area contributed by atoms with Crippen molar-refractivity contribution >= 4 is 87.7 Å². The third kappa shape index (κ3) is 18.6. The summed E-state index contributed by atoms with van der Waals surface area (Å²) in [5, 5.41) is 18.2. The van der Waals surface area contributed by atoms with E-state index in [2.05, 4.69) is 16.0 Å². The number of nitrogens with one attached hydrogen (secondary N) is 3. The van der Waals surface area contributed by atoms with Gasteiger partial charge in [0, 0.05) is 57.5 Å². The summed E-state index contributed by atoms with van der Waals surface area (Å²) in [5.41, 5.74) is 1.35. The van der Waals surface area contributed by atoms with Crippen LogP contribution in [0.1, 0.15) is 51.1 Å². The van der Waals surface area contributed by atoms with Gasteiger partial charge in [-0.2, -0.15) is 0 Å². The summed E-state index contributed by atoms with van der Waals surface area (Å²) in [6, 6.07) is 13.0. The SMILES string of the molecule is O=C(CCOCCOCCOCCOCCNC(=O)CCN1C(=O)C=CC1=O)NCCCOc1cc(Cl)c(C(=O)N[C@@H](Cc2ccc(CC(=O)c3c(Cl)cccc3Cl)cc2)C(=O)O)c(Cl)c1. The second kappa shape index (κ2) is 28.8. The van der Waals surface area contributed by atoms with E-state index in [1.54, 1.807) is 42.5 Å². The fourth-order valence-corrected chi connectivity index (χ4v) is 7.32. The first-order chi connectivity index (χ1) is 31.7. The van der Waals surface area contributed by atoms with Gasteiger partial charge in [-0.3, -0.25) is 33.7 Å². The maximum absolute atomic E-state index is 13.2. The molecule has 0 saturated heterocycles. The molecule has 356 valence electrons. The molecule has 3 aromatic carbocycles. The van der Waals surface area contributed by atoms with E-state index in [4.69, 9.17) is 70.1 Å². The summed E-state index contributed by atoms with van der Waals surface area (Å²) in [6.45, 7) is 3.30. The highest BCUT2D eigenvalue weighted by atomic mass is 35.5. The molecule has 21 heteroatoms. The van der Waals surface area contributed by atoms with Gasteiger partial charge in [0.15, 0.2) is 5.78 Å². The van der Waals surface area contributed by atoms with Crippen LogP contribution in [0, 0.1) is 0 Å². The Morgan fingerprint density at radius 3 is 1.74 bits per heavy atom. The molecule has 0 bridgehead atoms. The summed E-state index contributed by atoms with van der Waals surface area (Å²) in [7, 11) is 0. The Morgan fingerprint density at radius 2 is 1.15 bits per heavy atom. The van der Waals surface area contributed by atoms with Gasteiger partial charge in [-0.1, -0.05) is 76.7 Å². The smallest absolute Gasteiger partial charge is 0.326 e. The van der Waals surface area contributed by atoms with Gasteiger partial charge in [0.25, 0.3) is 17.7 Å². The molecular formula is C45H50Cl4N4O13. The molecule has 1 aliphatic heterocycles. The van der Waals surface area contributed by atoms with Gasteiger partial charge < -0.3 is 44.7 Å². The van der Waals surface area contributed by atoms with E-state index in [0.29, 0.717) is 63.7 Å². The average molecular weight is 997 g/mol. The summed E-state index contributed by atoms with van der Waals surface area (Å²) < 4.78 is 27.4. The van der Waals surface area contributed by atoms with Crippen LogP contribution in [0.2, 0.25) is 20.1 Å². The number of amides is 5. The number of carboxylic acid groups (broad SMARTS) is 1. The summed E-state index contributed by atoms with van der Waals surface area (Å²) in [5.74, 6) is -3.41. The van der Waals surface area contributed by atoms with Gasteiger partial charge in [0.1, 0.15) is 11.8 Å². The van der Waals surface area contributed by atoms with E-state index >= 15 is 0 Å². The lowest BCUT2D eigenvalue weighted by Crippen LogP contribution is -2.42. The van der Waals surface area contributed by atoms with Crippen LogP contribution in [-0.2, 0) is 55.8 Å². The van der Waals surface area contributed by atoms with E-state index in [1.165, 1.54) is 24.3 Å². The molecule has 1 atom stereocenters. The van der Waals surface area contributed by atoms with Gasteiger partial charge in [0.2, 0.25) is 11.8 Å². The number of benzene rings is 3. The lowest BCUT2D eigenvalue weighted by atomic mass is 9.99. The molecule has 0 spiro atoms. The molecular weight excluding hydrogens is 946 g/mol. The second-order valence-corrected chi connectivity index (χ2v) is 16.0. The van der Waals surface area contributed by atoms with Crippen molar-refractivity contribution in [1.82, 2.24) is 20.9 Å². The molecule has 66 heavy (non-hydrogen) atoms. The van der Waals surface area contributed by atoms with Gasteiger partial charge in [-0.15, -0.1) is 0 Å². The molecule has 1 aliphatic rings. The normalized spacial score (nSPS) is 12.6. The summed E-state index contributed by atoms with van der Waals surface area (Å²) in [6.07, 6.45) is 2.92. The van der Waals surface area contributed by atoms with Crippen molar-refractivity contribution in [3.8, 4) is 5.75 Å². The number of ether oxygens (including phenoxy) is 5. The number of carbonyl (C=O) groups is 7. The number of aliphatic carboxylic acids is 1. The molecule has 1 heterocycles. The van der Waals surface area contributed by atoms with Crippen LogP contribution >= 0.6 is 46.4 Å². The number of imide groups is 1. The minimum atomic E-state index is -1.33. The highest BCUT2D eigenvalue weighted by Gasteiger charge is 2.26. The minimum absolute atomic E-state index is 0.0164. The van der Waals surface area contributed by atoms with E-state index in [0.717, 1.165) is 4.90 Å². The summed E-state index contributed by atoms with van der Waals surface area (Å²) in [4.78, 5) is 86.1. The number of carboxylic acids is 1. The molecule has 3 aromatic rings. The molecule has 5 amide bonds. The highest BCUT2D eigenvalue weighted by molar-refractivity contribution is 6.40. The van der Waals surface area contributed by atoms with Crippen molar-refractivity contribution in [3.63, 3.8) is 0 Å². The van der Waals surface area contributed by atoms with Crippen LogP contribution in [-0.4, -0.2) is 136 Å². The number of ketones is 1. The number of Topliss-reactive ketones (excluding diaryl/α,β-unsaturated/α-hetero) is 1. The zero-order valence-electron chi connectivity index (χ0n) is 35.8. The van der Waals surface area contributed by atoms with Crippen molar-refractivity contribution in [2.75, 3.05) is 79.1 Å². The van der Waals surface area contributed by atoms with Gasteiger partial charge in [0.05, 0.1) is 90.7 Å². The zero-order chi connectivity index (χ0) is 47.8. The monoisotopic (exact) mass is 994 g/mol. The Morgan fingerprint density at radius 1 is 0.621 bits per heavy atom. The number of hydrogen-bond acceptors (Lipinski definition) is 12. The number of carbonyl (C=O) groups excluding carboxylic acids is 6. The molecule has 0 aromatic heterocycles. The molecule has 0 radical (unpaired) electrons. The summed E-state index contributed by atoms with van der Waals surface area (Å²) >= 11 is 25.1. The van der Waals surface area contributed by atoms with Crippen LogP contribution in [0.4, 0.5) is 0 Å². The number of hydrogen-bond donors (Lipinski definition) is 4. The average Bonchev–Trinajstić information content (AvgIpc) is 3.59. The molecule has 0 saturated carbocycles. The Bertz CT molecular complexity index is 2130. The van der Waals surface area contributed by atoms with Gasteiger partial charge in [-0.05, 0) is 41.8 Å². The van der Waals surface area contributed by atoms with Crippen LogP contribution in [0.3, 0.4) is 0 Å².